The van der Waals surface area contributed by atoms with E-state index in [-0.39, 0.29) is 5.56 Å². The Labute approximate surface area is 110 Å². The van der Waals surface area contributed by atoms with Crippen LogP contribution in [0, 0.1) is 11.6 Å². The minimum absolute atomic E-state index is 0.0944. The van der Waals surface area contributed by atoms with E-state index in [9.17, 15) is 8.78 Å². The number of nitrogens with two attached hydrogens (primary N) is 1. The quantitative estimate of drug-likeness (QED) is 0.923. The van der Waals surface area contributed by atoms with Crippen LogP contribution in [0.25, 0.3) is 0 Å². The SMILES string of the molecule is COc1ccccc1C(C)(N)c1cccc(F)c1F. The van der Waals surface area contributed by atoms with E-state index in [0.29, 0.717) is 11.3 Å². The first-order chi connectivity index (χ1) is 8.98. The largest absolute Gasteiger partial charge is 0.496 e. The van der Waals surface area contributed by atoms with Gasteiger partial charge in [0.25, 0.3) is 0 Å². The molecular formula is C15H15F2NO. The van der Waals surface area contributed by atoms with Gasteiger partial charge in [0.1, 0.15) is 5.75 Å². The Morgan fingerprint density at radius 1 is 1.00 bits per heavy atom. The third kappa shape index (κ3) is 2.31. The van der Waals surface area contributed by atoms with E-state index in [0.717, 1.165) is 6.07 Å². The molecule has 1 unspecified atom stereocenters. The number of rotatable bonds is 3. The maximum atomic E-state index is 13.9. The van der Waals surface area contributed by atoms with Crippen molar-refractivity contribution in [2.24, 2.45) is 5.73 Å². The Hall–Kier alpha value is -1.94. The monoisotopic (exact) mass is 263 g/mol. The van der Waals surface area contributed by atoms with Gasteiger partial charge in [0.05, 0.1) is 12.6 Å². The van der Waals surface area contributed by atoms with Gasteiger partial charge < -0.3 is 10.5 Å². The van der Waals surface area contributed by atoms with Crippen LogP contribution in [0.15, 0.2) is 42.5 Å². The Morgan fingerprint density at radius 2 is 1.63 bits per heavy atom. The molecule has 2 aromatic carbocycles. The third-order valence-electron chi connectivity index (χ3n) is 3.18. The van der Waals surface area contributed by atoms with Crippen molar-refractivity contribution < 1.29 is 13.5 Å². The number of hydrogen-bond acceptors (Lipinski definition) is 2. The first kappa shape index (κ1) is 13.5. The average molecular weight is 263 g/mol. The molecule has 0 radical (unpaired) electrons. The minimum Gasteiger partial charge on any atom is -0.496 e. The van der Waals surface area contributed by atoms with Crippen LogP contribution in [-0.4, -0.2) is 7.11 Å². The number of hydrogen-bond donors (Lipinski definition) is 1. The molecule has 0 aromatic heterocycles. The Morgan fingerprint density at radius 3 is 2.32 bits per heavy atom. The topological polar surface area (TPSA) is 35.2 Å². The zero-order chi connectivity index (χ0) is 14.0. The smallest absolute Gasteiger partial charge is 0.164 e. The molecule has 0 heterocycles. The maximum Gasteiger partial charge on any atom is 0.164 e. The maximum absolute atomic E-state index is 13.9. The minimum atomic E-state index is -1.18. The van der Waals surface area contributed by atoms with Crippen molar-refractivity contribution in [2.75, 3.05) is 7.11 Å². The highest BCUT2D eigenvalue weighted by Crippen LogP contribution is 2.34. The van der Waals surface area contributed by atoms with Crippen LogP contribution >= 0.6 is 0 Å². The van der Waals surface area contributed by atoms with Gasteiger partial charge in [-0.1, -0.05) is 30.3 Å². The lowest BCUT2D eigenvalue weighted by atomic mass is 9.84. The zero-order valence-corrected chi connectivity index (χ0v) is 10.8. The molecule has 0 aliphatic rings. The summed E-state index contributed by atoms with van der Waals surface area (Å²) in [6, 6.07) is 11.0. The molecule has 19 heavy (non-hydrogen) atoms. The molecule has 0 saturated heterocycles. The molecule has 1 atom stereocenters. The molecule has 2 aromatic rings. The summed E-state index contributed by atoms with van der Waals surface area (Å²) in [7, 11) is 1.51. The van der Waals surface area contributed by atoms with Gasteiger partial charge in [-0.05, 0) is 19.1 Å². The lowest BCUT2D eigenvalue weighted by Crippen LogP contribution is -2.36. The highest BCUT2D eigenvalue weighted by molar-refractivity contribution is 5.45. The van der Waals surface area contributed by atoms with E-state index in [2.05, 4.69) is 0 Å². The molecule has 2 rings (SSSR count). The highest BCUT2D eigenvalue weighted by atomic mass is 19.2. The molecule has 0 fully saturated rings. The predicted octanol–water partition coefficient (Wildman–Crippen LogP) is 3.20. The standard InChI is InChI=1S/C15H15F2NO/c1-15(18,10-6-3-4-9-13(10)19-2)11-7-5-8-12(16)14(11)17/h3-9H,18H2,1-2H3. The van der Waals surface area contributed by atoms with Gasteiger partial charge in [-0.3, -0.25) is 0 Å². The van der Waals surface area contributed by atoms with Crippen LogP contribution in [0.4, 0.5) is 8.78 Å². The molecule has 2 N–H and O–H groups in total. The van der Waals surface area contributed by atoms with Gasteiger partial charge in [-0.25, -0.2) is 8.78 Å². The van der Waals surface area contributed by atoms with Crippen molar-refractivity contribution in [3.63, 3.8) is 0 Å². The second-order valence-electron chi connectivity index (χ2n) is 4.50. The summed E-state index contributed by atoms with van der Waals surface area (Å²) in [4.78, 5) is 0. The van der Waals surface area contributed by atoms with Crippen molar-refractivity contribution in [3.8, 4) is 5.75 Å². The normalized spacial score (nSPS) is 13.9. The first-order valence-corrected chi connectivity index (χ1v) is 5.85. The molecule has 0 bridgehead atoms. The highest BCUT2D eigenvalue weighted by Gasteiger charge is 2.30. The van der Waals surface area contributed by atoms with E-state index >= 15 is 0 Å². The van der Waals surface area contributed by atoms with Crippen LogP contribution < -0.4 is 10.5 Å². The van der Waals surface area contributed by atoms with Gasteiger partial charge >= 0.3 is 0 Å². The Bertz CT molecular complexity index is 596. The summed E-state index contributed by atoms with van der Waals surface area (Å²) in [5.74, 6) is -1.31. The van der Waals surface area contributed by atoms with Crippen LogP contribution in [0.1, 0.15) is 18.1 Å². The summed E-state index contributed by atoms with van der Waals surface area (Å²) in [5, 5.41) is 0. The molecule has 4 heteroatoms. The van der Waals surface area contributed by atoms with E-state index in [1.54, 1.807) is 31.2 Å². The summed E-state index contributed by atoms with van der Waals surface area (Å²) in [6.07, 6.45) is 0. The van der Waals surface area contributed by atoms with Crippen LogP contribution in [0.2, 0.25) is 0 Å². The number of benzene rings is 2. The van der Waals surface area contributed by atoms with Crippen molar-refractivity contribution >= 4 is 0 Å². The molecule has 0 saturated carbocycles. The van der Waals surface area contributed by atoms with Gasteiger partial charge in [0.2, 0.25) is 0 Å². The fourth-order valence-corrected chi connectivity index (χ4v) is 2.12. The summed E-state index contributed by atoms with van der Waals surface area (Å²) in [6.45, 7) is 1.63. The van der Waals surface area contributed by atoms with Crippen molar-refractivity contribution in [1.82, 2.24) is 0 Å². The number of halogens is 2. The fraction of sp³-hybridized carbons (Fsp3) is 0.200. The average Bonchev–Trinajstić information content (AvgIpc) is 2.41. The number of ether oxygens (including phenoxy) is 1. The third-order valence-corrected chi connectivity index (χ3v) is 3.18. The van der Waals surface area contributed by atoms with E-state index in [1.807, 2.05) is 0 Å². The number of methoxy groups -OCH3 is 1. The summed E-state index contributed by atoms with van der Waals surface area (Å²) < 4.78 is 32.5. The van der Waals surface area contributed by atoms with Crippen molar-refractivity contribution in [3.05, 3.63) is 65.2 Å². The molecule has 0 aliphatic carbocycles. The summed E-state index contributed by atoms with van der Waals surface area (Å²) >= 11 is 0. The Kier molecular flexibility index (Phi) is 3.53. The predicted molar refractivity (Wildman–Crippen MR) is 70.0 cm³/mol. The second kappa shape index (κ2) is 4.97. The van der Waals surface area contributed by atoms with Crippen LogP contribution in [0.3, 0.4) is 0 Å². The number of para-hydroxylation sites is 1. The van der Waals surface area contributed by atoms with Gasteiger partial charge in [-0.15, -0.1) is 0 Å². The molecule has 100 valence electrons. The zero-order valence-electron chi connectivity index (χ0n) is 10.8. The molecule has 0 spiro atoms. The molecule has 0 amide bonds. The van der Waals surface area contributed by atoms with Crippen LogP contribution in [0.5, 0.6) is 5.75 Å². The van der Waals surface area contributed by atoms with E-state index in [1.165, 1.54) is 19.2 Å². The fourth-order valence-electron chi connectivity index (χ4n) is 2.12. The van der Waals surface area contributed by atoms with Crippen molar-refractivity contribution in [2.45, 2.75) is 12.5 Å². The van der Waals surface area contributed by atoms with Crippen LogP contribution in [-0.2, 0) is 5.54 Å². The summed E-state index contributed by atoms with van der Waals surface area (Å²) in [5.41, 5.74) is 5.73. The van der Waals surface area contributed by atoms with E-state index < -0.39 is 17.2 Å². The second-order valence-corrected chi connectivity index (χ2v) is 4.50. The molecular weight excluding hydrogens is 248 g/mol. The van der Waals surface area contributed by atoms with Crippen molar-refractivity contribution in [1.29, 1.82) is 0 Å². The van der Waals surface area contributed by atoms with E-state index in [4.69, 9.17) is 10.5 Å². The lowest BCUT2D eigenvalue weighted by molar-refractivity contribution is 0.394. The Balaban J connectivity index is 2.62. The molecule has 2 nitrogen and oxygen atoms in total. The first-order valence-electron chi connectivity index (χ1n) is 5.85. The van der Waals surface area contributed by atoms with Gasteiger partial charge in [-0.2, -0.15) is 0 Å². The van der Waals surface area contributed by atoms with Gasteiger partial charge in [0.15, 0.2) is 11.6 Å². The lowest BCUT2D eigenvalue weighted by Gasteiger charge is -2.28. The molecule has 0 aliphatic heterocycles. The van der Waals surface area contributed by atoms with Gasteiger partial charge in [0, 0.05) is 11.1 Å².